The van der Waals surface area contributed by atoms with Gasteiger partial charge < -0.3 is 28.4 Å². The van der Waals surface area contributed by atoms with E-state index in [0.717, 1.165) is 18.4 Å². The van der Waals surface area contributed by atoms with Crippen LogP contribution in [0.4, 0.5) is 0 Å². The predicted molar refractivity (Wildman–Crippen MR) is 132 cm³/mol. The molecular formula is C29H36O8. The van der Waals surface area contributed by atoms with Crippen molar-refractivity contribution < 1.29 is 38.0 Å². The van der Waals surface area contributed by atoms with Gasteiger partial charge in [0.15, 0.2) is 6.29 Å². The van der Waals surface area contributed by atoms with E-state index in [2.05, 4.69) is 19.9 Å². The first-order valence-electron chi connectivity index (χ1n) is 13.3. The van der Waals surface area contributed by atoms with Gasteiger partial charge in [0.25, 0.3) is 0 Å². The maximum Gasteiger partial charge on any atom is 0.331 e. The fourth-order valence-corrected chi connectivity index (χ4v) is 7.32. The Morgan fingerprint density at radius 1 is 0.973 bits per heavy atom. The van der Waals surface area contributed by atoms with Gasteiger partial charge in [-0.05, 0) is 33.6 Å². The van der Waals surface area contributed by atoms with E-state index in [1.807, 2.05) is 19.9 Å². The van der Waals surface area contributed by atoms with Crippen LogP contribution >= 0.6 is 0 Å². The standard InChI is InChI=1S/C29H36O8/c1-17-9-10-28-15-32-25(31)12-18(2)13-26-34-19(3)20(35-26)7-5-6-8-24(30)37-21-14-23(36-22(28)11-17)29(16-33-29)27(21,28)4/h5-8,11-12,19-23,26H,9-10,13-16H2,1-4H3/b7-5-,8-6-,18-12-/t19?,20?,21-,22-,23-,26?,27-,28-,29-/m1/s1. The second-order valence-electron chi connectivity index (χ2n) is 11.7. The van der Waals surface area contributed by atoms with Gasteiger partial charge in [-0.15, -0.1) is 0 Å². The molecule has 200 valence electrons. The Kier molecular flexibility index (Phi) is 6.02. The molecule has 4 fully saturated rings. The lowest BCUT2D eigenvalue weighted by Crippen LogP contribution is -2.66. The van der Waals surface area contributed by atoms with E-state index in [-0.39, 0.29) is 31.0 Å². The number of ether oxygens (including phenoxy) is 6. The number of allylic oxidation sites excluding steroid dienone is 3. The lowest BCUT2D eigenvalue weighted by atomic mass is 9.51. The van der Waals surface area contributed by atoms with Crippen LogP contribution < -0.4 is 0 Å². The van der Waals surface area contributed by atoms with E-state index in [1.165, 1.54) is 17.7 Å². The lowest BCUT2D eigenvalue weighted by molar-refractivity contribution is -0.232. The van der Waals surface area contributed by atoms with E-state index in [1.54, 1.807) is 12.2 Å². The van der Waals surface area contributed by atoms with Crippen LogP contribution in [-0.4, -0.2) is 67.6 Å². The summed E-state index contributed by atoms with van der Waals surface area (Å²) in [7, 11) is 0. The second kappa shape index (κ2) is 8.90. The molecule has 4 aliphatic heterocycles. The first kappa shape index (κ1) is 25.0. The van der Waals surface area contributed by atoms with Crippen LogP contribution in [0.3, 0.4) is 0 Å². The molecular weight excluding hydrogens is 476 g/mol. The summed E-state index contributed by atoms with van der Waals surface area (Å²) in [5.41, 5.74) is 0.362. The molecule has 0 N–H and O–H groups in total. The fourth-order valence-electron chi connectivity index (χ4n) is 7.32. The van der Waals surface area contributed by atoms with Crippen molar-refractivity contribution in [3.63, 3.8) is 0 Å². The summed E-state index contributed by atoms with van der Waals surface area (Å²) >= 11 is 0. The molecule has 0 aromatic carbocycles. The van der Waals surface area contributed by atoms with E-state index >= 15 is 0 Å². The first-order valence-corrected chi connectivity index (χ1v) is 13.3. The molecule has 6 rings (SSSR count). The zero-order valence-electron chi connectivity index (χ0n) is 21.9. The number of cyclic esters (lactones) is 1. The molecule has 2 aliphatic carbocycles. The Balaban J connectivity index is 1.37. The first-order chi connectivity index (χ1) is 17.7. The highest BCUT2D eigenvalue weighted by Crippen LogP contribution is 2.72. The van der Waals surface area contributed by atoms with Crippen LogP contribution in [-0.2, 0) is 38.0 Å². The summed E-state index contributed by atoms with van der Waals surface area (Å²) in [6.07, 6.45) is 11.3. The zero-order valence-corrected chi connectivity index (χ0v) is 21.9. The van der Waals surface area contributed by atoms with Crippen molar-refractivity contribution in [2.24, 2.45) is 10.8 Å². The third kappa shape index (κ3) is 3.87. The smallest absolute Gasteiger partial charge is 0.331 e. The summed E-state index contributed by atoms with van der Waals surface area (Å²) in [5.74, 6) is -0.828. The van der Waals surface area contributed by atoms with Crippen LogP contribution in [0.15, 0.2) is 47.6 Å². The molecule has 1 saturated carbocycles. The minimum absolute atomic E-state index is 0.147. The minimum Gasteiger partial charge on any atom is -0.462 e. The van der Waals surface area contributed by atoms with Crippen molar-refractivity contribution in [2.75, 3.05) is 13.2 Å². The number of hydrogen-bond acceptors (Lipinski definition) is 8. The Hall–Kier alpha value is -2.26. The third-order valence-electron chi connectivity index (χ3n) is 9.58. The van der Waals surface area contributed by atoms with Crippen molar-refractivity contribution in [3.05, 3.63) is 47.6 Å². The monoisotopic (exact) mass is 512 g/mol. The van der Waals surface area contributed by atoms with Gasteiger partial charge in [-0.25, -0.2) is 9.59 Å². The molecule has 6 aliphatic rings. The van der Waals surface area contributed by atoms with E-state index in [0.29, 0.717) is 19.4 Å². The molecule has 8 heteroatoms. The van der Waals surface area contributed by atoms with Gasteiger partial charge in [0.2, 0.25) is 0 Å². The number of carbonyl (C=O) groups excluding carboxylic acids is 2. The molecule has 9 atom stereocenters. The summed E-state index contributed by atoms with van der Waals surface area (Å²) < 4.78 is 36.8. The van der Waals surface area contributed by atoms with Crippen molar-refractivity contribution in [1.29, 1.82) is 0 Å². The van der Waals surface area contributed by atoms with Gasteiger partial charge in [0, 0.05) is 30.4 Å². The Morgan fingerprint density at radius 3 is 2.57 bits per heavy atom. The van der Waals surface area contributed by atoms with Crippen LogP contribution in [0, 0.1) is 10.8 Å². The van der Waals surface area contributed by atoms with Crippen molar-refractivity contribution >= 4 is 11.9 Å². The normalized spacial score (nSPS) is 50.5. The zero-order chi connectivity index (χ0) is 26.0. The molecule has 0 aromatic rings. The molecule has 37 heavy (non-hydrogen) atoms. The van der Waals surface area contributed by atoms with Gasteiger partial charge >= 0.3 is 11.9 Å². The maximum atomic E-state index is 13.0. The number of rotatable bonds is 0. The van der Waals surface area contributed by atoms with Crippen molar-refractivity contribution in [3.8, 4) is 0 Å². The molecule has 0 aromatic heterocycles. The molecule has 0 amide bonds. The molecule has 0 radical (unpaired) electrons. The highest BCUT2D eigenvalue weighted by atomic mass is 16.7. The Morgan fingerprint density at radius 2 is 1.78 bits per heavy atom. The largest absolute Gasteiger partial charge is 0.462 e. The molecule has 8 nitrogen and oxygen atoms in total. The molecule has 4 heterocycles. The fraction of sp³-hybridized carbons (Fsp3) is 0.655. The van der Waals surface area contributed by atoms with Crippen molar-refractivity contribution in [1.82, 2.24) is 0 Å². The number of esters is 2. The number of hydrogen-bond donors (Lipinski definition) is 0. The Labute approximate surface area is 217 Å². The quantitative estimate of drug-likeness (QED) is 0.276. The maximum absolute atomic E-state index is 13.0. The van der Waals surface area contributed by atoms with Gasteiger partial charge in [0.05, 0.1) is 30.3 Å². The van der Waals surface area contributed by atoms with Gasteiger partial charge in [0.1, 0.15) is 24.4 Å². The average Bonchev–Trinajstić information content (AvgIpc) is 3.54. The van der Waals surface area contributed by atoms with Gasteiger partial charge in [-0.3, -0.25) is 0 Å². The molecule has 3 unspecified atom stereocenters. The lowest BCUT2D eigenvalue weighted by Gasteiger charge is -2.58. The number of carbonyl (C=O) groups is 2. The third-order valence-corrected chi connectivity index (χ3v) is 9.58. The summed E-state index contributed by atoms with van der Waals surface area (Å²) in [5, 5.41) is 0. The highest BCUT2D eigenvalue weighted by molar-refractivity contribution is 5.83. The summed E-state index contributed by atoms with van der Waals surface area (Å²) in [6.45, 7) is 8.77. The second-order valence-corrected chi connectivity index (χ2v) is 11.7. The Bertz CT molecular complexity index is 1100. The van der Waals surface area contributed by atoms with Crippen molar-refractivity contribution in [2.45, 2.75) is 95.8 Å². The van der Waals surface area contributed by atoms with Gasteiger partial charge in [-0.2, -0.15) is 0 Å². The average molecular weight is 513 g/mol. The predicted octanol–water partition coefficient (Wildman–Crippen LogP) is 3.71. The van der Waals surface area contributed by atoms with E-state index in [9.17, 15) is 9.59 Å². The van der Waals surface area contributed by atoms with Crippen LogP contribution in [0.25, 0.3) is 0 Å². The topological polar surface area (TPSA) is 92.8 Å². The summed E-state index contributed by atoms with van der Waals surface area (Å²) in [4.78, 5) is 26.0. The molecule has 3 saturated heterocycles. The van der Waals surface area contributed by atoms with E-state index < -0.39 is 40.8 Å². The highest BCUT2D eigenvalue weighted by Gasteiger charge is 2.83. The number of fused-ring (bicyclic) bond motifs is 2. The van der Waals surface area contributed by atoms with Crippen LogP contribution in [0.2, 0.25) is 0 Å². The SMILES string of the molecule is CC1=C[C@H]2O[C@@H]3C[C@H]4OC(=O)/C=C\C=C/C5OC(C/C(C)=C\C(=O)OC[C@@]2(CC1)[C@]4(C)[C@@]31CO1)OC5C. The number of epoxide rings is 1. The van der Waals surface area contributed by atoms with Crippen LogP contribution in [0.1, 0.15) is 53.4 Å². The molecule has 2 spiro atoms. The van der Waals surface area contributed by atoms with E-state index in [4.69, 9.17) is 28.4 Å². The minimum atomic E-state index is -0.590. The molecule has 4 bridgehead atoms. The van der Waals surface area contributed by atoms with Crippen LogP contribution in [0.5, 0.6) is 0 Å². The van der Waals surface area contributed by atoms with Gasteiger partial charge in [-0.1, -0.05) is 42.4 Å². The summed E-state index contributed by atoms with van der Waals surface area (Å²) in [6, 6.07) is 0.